The maximum absolute atomic E-state index is 13.0. The number of nitrogens with zero attached hydrogens (tertiary/aromatic N) is 3. The molecule has 0 bridgehead atoms. The molecule has 2 aliphatic heterocycles. The highest BCUT2D eigenvalue weighted by atomic mass is 16.5. The predicted molar refractivity (Wildman–Crippen MR) is 130 cm³/mol. The van der Waals surface area contributed by atoms with Gasteiger partial charge in [0.2, 0.25) is 0 Å². The minimum absolute atomic E-state index is 0.00542. The first kappa shape index (κ1) is 21.5. The van der Waals surface area contributed by atoms with Crippen LogP contribution < -0.4 is 20.5 Å². The minimum Gasteiger partial charge on any atom is -0.448 e. The van der Waals surface area contributed by atoms with Crippen LogP contribution in [-0.2, 0) is 4.74 Å². The first-order valence-electron chi connectivity index (χ1n) is 11.3. The first-order valence-corrected chi connectivity index (χ1v) is 11.3. The van der Waals surface area contributed by atoms with Crippen molar-refractivity contribution in [2.24, 2.45) is 0 Å². The van der Waals surface area contributed by atoms with Crippen LogP contribution >= 0.6 is 0 Å². The average Bonchev–Trinajstić information content (AvgIpc) is 2.85. The van der Waals surface area contributed by atoms with E-state index in [1.807, 2.05) is 36.4 Å². The Morgan fingerprint density at radius 1 is 0.909 bits per heavy atom. The summed E-state index contributed by atoms with van der Waals surface area (Å²) in [5.74, 6) is -0.438. The fraction of sp³-hybridized carbons (Fsp3) is 0.360. The highest BCUT2D eigenvalue weighted by Gasteiger charge is 2.20. The van der Waals surface area contributed by atoms with Crippen molar-refractivity contribution in [3.63, 3.8) is 0 Å². The van der Waals surface area contributed by atoms with Crippen LogP contribution in [0.1, 0.15) is 10.6 Å². The van der Waals surface area contributed by atoms with Gasteiger partial charge in [-0.15, -0.1) is 0 Å². The SMILES string of the molecule is CN1CCN(c2cccc3c(=O)cc(C(=O)Nc4cccc(N5CCOCC5)c4)oc23)CC1. The van der Waals surface area contributed by atoms with E-state index in [0.717, 1.165) is 50.6 Å². The number of morpholine rings is 1. The summed E-state index contributed by atoms with van der Waals surface area (Å²) in [7, 11) is 2.09. The molecule has 0 atom stereocenters. The molecule has 0 spiro atoms. The van der Waals surface area contributed by atoms with E-state index in [1.54, 1.807) is 6.07 Å². The summed E-state index contributed by atoms with van der Waals surface area (Å²) in [6.07, 6.45) is 0. The molecule has 8 heteroatoms. The Balaban J connectivity index is 1.42. The Bertz CT molecular complexity index is 1210. The van der Waals surface area contributed by atoms with E-state index in [0.29, 0.717) is 29.9 Å². The van der Waals surface area contributed by atoms with Crippen molar-refractivity contribution in [3.05, 3.63) is 64.5 Å². The molecule has 1 aromatic heterocycles. The van der Waals surface area contributed by atoms with Crippen LogP contribution in [0.5, 0.6) is 0 Å². The fourth-order valence-corrected chi connectivity index (χ4v) is 4.37. The lowest BCUT2D eigenvalue weighted by molar-refractivity contribution is 0.0997. The lowest BCUT2D eigenvalue weighted by Crippen LogP contribution is -2.44. The zero-order valence-electron chi connectivity index (χ0n) is 18.8. The highest BCUT2D eigenvalue weighted by Crippen LogP contribution is 2.27. The van der Waals surface area contributed by atoms with E-state index >= 15 is 0 Å². The van der Waals surface area contributed by atoms with Gasteiger partial charge in [0.05, 0.1) is 24.3 Å². The summed E-state index contributed by atoms with van der Waals surface area (Å²) in [6.45, 7) is 6.54. The molecular formula is C25H28N4O4. The number of fused-ring (bicyclic) bond motifs is 1. The zero-order valence-corrected chi connectivity index (χ0v) is 18.8. The van der Waals surface area contributed by atoms with Crippen LogP contribution in [0, 0.1) is 0 Å². The number of ether oxygens (including phenoxy) is 1. The molecule has 0 unspecified atom stereocenters. The second-order valence-corrected chi connectivity index (χ2v) is 8.52. The van der Waals surface area contributed by atoms with Gasteiger partial charge in [-0.2, -0.15) is 0 Å². The molecule has 2 aromatic carbocycles. The van der Waals surface area contributed by atoms with Gasteiger partial charge in [-0.1, -0.05) is 12.1 Å². The van der Waals surface area contributed by atoms with Crippen LogP contribution in [0.15, 0.2) is 57.7 Å². The van der Waals surface area contributed by atoms with E-state index in [-0.39, 0.29) is 11.2 Å². The number of piperazine rings is 1. The van der Waals surface area contributed by atoms with Crippen molar-refractivity contribution < 1.29 is 13.9 Å². The van der Waals surface area contributed by atoms with Crippen LogP contribution in [0.3, 0.4) is 0 Å². The van der Waals surface area contributed by atoms with Crippen molar-refractivity contribution >= 4 is 33.9 Å². The number of para-hydroxylation sites is 1. The van der Waals surface area contributed by atoms with E-state index in [2.05, 4.69) is 27.1 Å². The smallest absolute Gasteiger partial charge is 0.291 e. The molecule has 1 amide bonds. The highest BCUT2D eigenvalue weighted by molar-refractivity contribution is 6.03. The van der Waals surface area contributed by atoms with Crippen molar-refractivity contribution in [3.8, 4) is 0 Å². The first-order chi connectivity index (χ1) is 16.1. The van der Waals surface area contributed by atoms with Gasteiger partial charge < -0.3 is 29.2 Å². The molecule has 1 N–H and O–H groups in total. The van der Waals surface area contributed by atoms with Gasteiger partial charge in [0, 0.05) is 56.7 Å². The second kappa shape index (κ2) is 9.25. The Kier molecular flexibility index (Phi) is 6.02. The number of anilines is 3. The Morgan fingerprint density at radius 2 is 1.67 bits per heavy atom. The Labute approximate surface area is 192 Å². The third-order valence-electron chi connectivity index (χ3n) is 6.28. The maximum atomic E-state index is 13.0. The van der Waals surface area contributed by atoms with Gasteiger partial charge in [0.25, 0.3) is 5.91 Å². The molecule has 2 saturated heterocycles. The molecule has 0 saturated carbocycles. The van der Waals surface area contributed by atoms with Gasteiger partial charge in [0.1, 0.15) is 0 Å². The molecular weight excluding hydrogens is 420 g/mol. The van der Waals surface area contributed by atoms with E-state index in [1.165, 1.54) is 6.07 Å². The van der Waals surface area contributed by atoms with E-state index in [9.17, 15) is 9.59 Å². The molecule has 2 fully saturated rings. The number of amides is 1. The van der Waals surface area contributed by atoms with Crippen LogP contribution in [0.4, 0.5) is 17.1 Å². The summed E-state index contributed by atoms with van der Waals surface area (Å²) in [4.78, 5) is 32.5. The van der Waals surface area contributed by atoms with Gasteiger partial charge >= 0.3 is 0 Å². The fourth-order valence-electron chi connectivity index (χ4n) is 4.37. The van der Waals surface area contributed by atoms with Crippen molar-refractivity contribution in [2.45, 2.75) is 0 Å². The van der Waals surface area contributed by atoms with Gasteiger partial charge in [-0.25, -0.2) is 0 Å². The van der Waals surface area contributed by atoms with Crippen molar-refractivity contribution in [1.29, 1.82) is 0 Å². The Morgan fingerprint density at radius 3 is 2.45 bits per heavy atom. The number of rotatable bonds is 4. The standard InChI is InChI=1S/C25H28N4O4/c1-27-8-10-29(11-9-27)21-7-3-6-20-22(30)17-23(33-24(20)21)25(31)26-18-4-2-5-19(16-18)28-12-14-32-15-13-28/h2-7,16-17H,8-15H2,1H3,(H,26,31). The number of nitrogens with one attached hydrogen (secondary N) is 1. The monoisotopic (exact) mass is 448 g/mol. The predicted octanol–water partition coefficient (Wildman–Crippen LogP) is 2.63. The van der Waals surface area contributed by atoms with Gasteiger partial charge in [-0.05, 0) is 37.4 Å². The van der Waals surface area contributed by atoms with E-state index in [4.69, 9.17) is 9.15 Å². The molecule has 33 heavy (non-hydrogen) atoms. The van der Waals surface area contributed by atoms with Gasteiger partial charge in [-0.3, -0.25) is 9.59 Å². The molecule has 8 nitrogen and oxygen atoms in total. The molecule has 0 radical (unpaired) electrons. The number of benzene rings is 2. The number of hydrogen-bond acceptors (Lipinski definition) is 7. The van der Waals surface area contributed by atoms with Crippen molar-refractivity contribution in [2.75, 3.05) is 74.6 Å². The molecule has 2 aliphatic rings. The van der Waals surface area contributed by atoms with E-state index < -0.39 is 5.91 Å². The molecule has 0 aliphatic carbocycles. The summed E-state index contributed by atoms with van der Waals surface area (Å²) in [6, 6.07) is 14.5. The summed E-state index contributed by atoms with van der Waals surface area (Å²) in [5.41, 5.74) is 2.76. The Hall–Kier alpha value is -3.36. The van der Waals surface area contributed by atoms with Crippen LogP contribution in [0.25, 0.3) is 11.0 Å². The summed E-state index contributed by atoms with van der Waals surface area (Å²) < 4.78 is 11.5. The number of likely N-dealkylation sites (N-methyl/N-ethyl adjacent to an activating group) is 1. The lowest BCUT2D eigenvalue weighted by Gasteiger charge is -2.34. The normalized spacial score (nSPS) is 17.4. The summed E-state index contributed by atoms with van der Waals surface area (Å²) in [5, 5.41) is 3.37. The molecule has 3 heterocycles. The largest absolute Gasteiger partial charge is 0.448 e. The number of carbonyl (C=O) groups excluding carboxylic acids is 1. The summed E-state index contributed by atoms with van der Waals surface area (Å²) >= 11 is 0. The van der Waals surface area contributed by atoms with Crippen molar-refractivity contribution in [1.82, 2.24) is 4.90 Å². The van der Waals surface area contributed by atoms with Crippen LogP contribution in [0.2, 0.25) is 0 Å². The molecule has 172 valence electrons. The maximum Gasteiger partial charge on any atom is 0.291 e. The topological polar surface area (TPSA) is 78.3 Å². The average molecular weight is 449 g/mol. The van der Waals surface area contributed by atoms with Gasteiger partial charge in [0.15, 0.2) is 16.8 Å². The van der Waals surface area contributed by atoms with Crippen LogP contribution in [-0.4, -0.2) is 70.3 Å². The third kappa shape index (κ3) is 4.58. The quantitative estimate of drug-likeness (QED) is 0.657. The molecule has 5 rings (SSSR count). The second-order valence-electron chi connectivity index (χ2n) is 8.52. The minimum atomic E-state index is -0.443. The number of hydrogen-bond donors (Lipinski definition) is 1. The third-order valence-corrected chi connectivity index (χ3v) is 6.28. The molecule has 3 aromatic rings. The lowest BCUT2D eigenvalue weighted by atomic mass is 10.1. The number of carbonyl (C=O) groups is 1. The zero-order chi connectivity index (χ0) is 22.8.